The number of aliphatic hydroxyl groups excluding tert-OH is 1. The van der Waals surface area contributed by atoms with E-state index in [9.17, 15) is 9.18 Å². The summed E-state index contributed by atoms with van der Waals surface area (Å²) in [4.78, 5) is 11.4. The molecule has 0 radical (unpaired) electrons. The molecule has 0 aromatic heterocycles. The second-order valence-corrected chi connectivity index (χ2v) is 4.07. The van der Waals surface area contributed by atoms with Gasteiger partial charge in [-0.25, -0.2) is 4.39 Å². The third kappa shape index (κ3) is 7.06. The number of carbonyl (C=O) groups is 1. The fourth-order valence-corrected chi connectivity index (χ4v) is 1.47. The number of benzene rings is 1. The zero-order chi connectivity index (χ0) is 14.6. The van der Waals surface area contributed by atoms with Crippen LogP contribution in [0.2, 0.25) is 0 Å². The van der Waals surface area contributed by atoms with E-state index in [1.54, 1.807) is 12.1 Å². The van der Waals surface area contributed by atoms with E-state index >= 15 is 0 Å². The number of amides is 1. The minimum Gasteiger partial charge on any atom is -0.490 e. The summed E-state index contributed by atoms with van der Waals surface area (Å²) in [7, 11) is 0. The molecule has 0 aliphatic heterocycles. The molecule has 0 aliphatic rings. The number of hydrogen-bond acceptors (Lipinski definition) is 4. The van der Waals surface area contributed by atoms with Gasteiger partial charge in [0.1, 0.15) is 0 Å². The predicted molar refractivity (Wildman–Crippen MR) is 72.0 cm³/mol. The van der Waals surface area contributed by atoms with Gasteiger partial charge in [-0.15, -0.1) is 0 Å². The Bertz CT molecular complexity index is 401. The van der Waals surface area contributed by atoms with Crippen LogP contribution in [0.4, 0.5) is 4.39 Å². The summed E-state index contributed by atoms with van der Waals surface area (Å²) in [6.45, 7) is 1.44. The average Bonchev–Trinajstić information content (AvgIpc) is 2.45. The Morgan fingerprint density at radius 2 is 2.05 bits per heavy atom. The van der Waals surface area contributed by atoms with E-state index in [2.05, 4.69) is 5.32 Å². The van der Waals surface area contributed by atoms with E-state index in [1.165, 1.54) is 12.1 Å². The summed E-state index contributed by atoms with van der Waals surface area (Å²) < 4.78 is 23.4. The highest BCUT2D eigenvalue weighted by atomic mass is 19.1. The normalized spacial score (nSPS) is 10.3. The van der Waals surface area contributed by atoms with Gasteiger partial charge in [-0.1, -0.05) is 12.1 Å². The second-order valence-electron chi connectivity index (χ2n) is 4.07. The lowest BCUT2D eigenvalue weighted by molar-refractivity contribution is -0.121. The van der Waals surface area contributed by atoms with Crippen LogP contribution in [0.3, 0.4) is 0 Å². The molecule has 0 saturated carbocycles. The van der Waals surface area contributed by atoms with E-state index in [4.69, 9.17) is 14.6 Å². The summed E-state index contributed by atoms with van der Waals surface area (Å²) in [6.07, 6.45) is 0.853. The maximum Gasteiger partial charge on any atom is 0.223 e. The Balaban J connectivity index is 2.04. The van der Waals surface area contributed by atoms with Gasteiger partial charge in [-0.3, -0.25) is 4.79 Å². The molecule has 0 heterocycles. The zero-order valence-electron chi connectivity index (χ0n) is 11.3. The number of hydrogen-bond donors (Lipinski definition) is 2. The van der Waals surface area contributed by atoms with Crippen molar-refractivity contribution < 1.29 is 23.8 Å². The van der Waals surface area contributed by atoms with Crippen LogP contribution in [0.5, 0.6) is 5.75 Å². The number of nitrogens with one attached hydrogen (secondary N) is 1. The van der Waals surface area contributed by atoms with Gasteiger partial charge in [0.25, 0.3) is 0 Å². The zero-order valence-corrected chi connectivity index (χ0v) is 11.3. The van der Waals surface area contributed by atoms with Crippen molar-refractivity contribution in [3.63, 3.8) is 0 Å². The van der Waals surface area contributed by atoms with Gasteiger partial charge in [0, 0.05) is 13.2 Å². The maximum absolute atomic E-state index is 13.2. The molecule has 0 fully saturated rings. The maximum atomic E-state index is 13.2. The van der Waals surface area contributed by atoms with E-state index < -0.39 is 5.82 Å². The monoisotopic (exact) mass is 285 g/mol. The fraction of sp³-hybridized carbons (Fsp3) is 0.500. The molecule has 112 valence electrons. The molecular weight excluding hydrogens is 265 g/mol. The highest BCUT2D eigenvalue weighted by Gasteiger charge is 2.04. The first kappa shape index (κ1) is 16.4. The Morgan fingerprint density at radius 3 is 2.80 bits per heavy atom. The highest BCUT2D eigenvalue weighted by molar-refractivity contribution is 5.75. The lowest BCUT2D eigenvalue weighted by Crippen LogP contribution is -2.26. The molecule has 0 spiro atoms. The number of rotatable bonds is 10. The van der Waals surface area contributed by atoms with Gasteiger partial charge >= 0.3 is 0 Å². The van der Waals surface area contributed by atoms with Gasteiger partial charge in [0.2, 0.25) is 5.91 Å². The molecule has 5 nitrogen and oxygen atoms in total. The minimum absolute atomic E-state index is 0.000254. The van der Waals surface area contributed by atoms with Crippen molar-refractivity contribution in [1.29, 1.82) is 0 Å². The molecule has 1 amide bonds. The van der Waals surface area contributed by atoms with Crippen molar-refractivity contribution in [2.24, 2.45) is 0 Å². The van der Waals surface area contributed by atoms with Gasteiger partial charge in [0.15, 0.2) is 11.6 Å². The van der Waals surface area contributed by atoms with Crippen LogP contribution >= 0.6 is 0 Å². The Morgan fingerprint density at radius 1 is 1.25 bits per heavy atom. The molecule has 1 rings (SSSR count). The number of aliphatic hydroxyl groups is 1. The molecule has 0 saturated heterocycles. The lowest BCUT2D eigenvalue weighted by atomic mass is 10.3. The Hall–Kier alpha value is -1.66. The van der Waals surface area contributed by atoms with Crippen molar-refractivity contribution in [3.05, 3.63) is 30.1 Å². The first-order chi connectivity index (χ1) is 9.74. The predicted octanol–water partition coefficient (Wildman–Crippen LogP) is 1.11. The van der Waals surface area contributed by atoms with Gasteiger partial charge < -0.3 is 19.9 Å². The largest absolute Gasteiger partial charge is 0.490 e. The van der Waals surface area contributed by atoms with E-state index in [-0.39, 0.29) is 31.3 Å². The van der Waals surface area contributed by atoms with Gasteiger partial charge in [0.05, 0.1) is 26.2 Å². The smallest absolute Gasteiger partial charge is 0.223 e. The molecule has 0 unspecified atom stereocenters. The van der Waals surface area contributed by atoms with Gasteiger partial charge in [-0.05, 0) is 18.6 Å². The topological polar surface area (TPSA) is 67.8 Å². The molecule has 20 heavy (non-hydrogen) atoms. The van der Waals surface area contributed by atoms with E-state index in [0.29, 0.717) is 26.2 Å². The van der Waals surface area contributed by atoms with Crippen LogP contribution in [0, 0.1) is 5.82 Å². The summed E-state index contributed by atoms with van der Waals surface area (Å²) in [5.41, 5.74) is 0. The summed E-state index contributed by atoms with van der Waals surface area (Å²) >= 11 is 0. The van der Waals surface area contributed by atoms with Crippen LogP contribution in [0.25, 0.3) is 0 Å². The number of carbonyl (C=O) groups excluding carboxylic acids is 1. The average molecular weight is 285 g/mol. The third-order valence-corrected chi connectivity index (χ3v) is 2.45. The number of ether oxygens (including phenoxy) is 2. The van der Waals surface area contributed by atoms with Crippen molar-refractivity contribution in [3.8, 4) is 5.75 Å². The van der Waals surface area contributed by atoms with Crippen molar-refractivity contribution >= 4 is 5.91 Å². The molecule has 1 aromatic carbocycles. The second kappa shape index (κ2) is 10.2. The SMILES string of the molecule is O=C(CCOc1ccccc1F)NCCCOCCO. The van der Waals surface area contributed by atoms with Crippen LogP contribution in [0.15, 0.2) is 24.3 Å². The van der Waals surface area contributed by atoms with Crippen molar-refractivity contribution in [2.45, 2.75) is 12.8 Å². The molecule has 6 heteroatoms. The third-order valence-electron chi connectivity index (χ3n) is 2.45. The van der Waals surface area contributed by atoms with E-state index in [0.717, 1.165) is 0 Å². The summed E-state index contributed by atoms with van der Waals surface area (Å²) in [5.74, 6) is -0.435. The van der Waals surface area contributed by atoms with Crippen LogP contribution in [-0.4, -0.2) is 44.0 Å². The first-order valence-corrected chi connectivity index (χ1v) is 6.56. The van der Waals surface area contributed by atoms with Crippen LogP contribution < -0.4 is 10.1 Å². The molecule has 0 bridgehead atoms. The number of halogens is 1. The molecular formula is C14H20FNO4. The minimum atomic E-state index is -0.436. The lowest BCUT2D eigenvalue weighted by Gasteiger charge is -2.08. The Kier molecular flexibility index (Phi) is 8.33. The Labute approximate surface area is 117 Å². The molecule has 0 atom stereocenters. The quantitative estimate of drug-likeness (QED) is 0.632. The van der Waals surface area contributed by atoms with Crippen molar-refractivity contribution in [2.75, 3.05) is 33.0 Å². The summed E-state index contributed by atoms with van der Waals surface area (Å²) in [6, 6.07) is 6.08. The van der Waals surface area contributed by atoms with Crippen LogP contribution in [0.1, 0.15) is 12.8 Å². The van der Waals surface area contributed by atoms with Crippen molar-refractivity contribution in [1.82, 2.24) is 5.32 Å². The van der Waals surface area contributed by atoms with Crippen LogP contribution in [-0.2, 0) is 9.53 Å². The molecule has 2 N–H and O–H groups in total. The molecule has 0 aliphatic carbocycles. The van der Waals surface area contributed by atoms with Gasteiger partial charge in [-0.2, -0.15) is 0 Å². The standard InChI is InChI=1S/C14H20FNO4/c15-12-4-1-2-5-13(12)20-10-6-14(18)16-7-3-9-19-11-8-17/h1-2,4-5,17H,3,6-11H2,(H,16,18). The highest BCUT2D eigenvalue weighted by Crippen LogP contribution is 2.15. The number of para-hydroxylation sites is 1. The molecule has 1 aromatic rings. The first-order valence-electron chi connectivity index (χ1n) is 6.56. The summed E-state index contributed by atoms with van der Waals surface area (Å²) in [5, 5.41) is 11.2. The van der Waals surface area contributed by atoms with E-state index in [1.807, 2.05) is 0 Å². The fourth-order valence-electron chi connectivity index (χ4n) is 1.47.